The fourth-order valence-corrected chi connectivity index (χ4v) is 3.75. The van der Waals surface area contributed by atoms with Gasteiger partial charge in [-0.25, -0.2) is 4.98 Å². The summed E-state index contributed by atoms with van der Waals surface area (Å²) >= 11 is 5.94. The molecule has 1 amide bonds. The third kappa shape index (κ3) is 4.71. The molecule has 0 atom stereocenters. The Labute approximate surface area is 175 Å². The molecule has 1 aliphatic heterocycles. The number of aromatic nitrogens is 2. The van der Waals surface area contributed by atoms with Crippen molar-refractivity contribution in [2.75, 3.05) is 33.2 Å². The molecule has 1 aliphatic rings. The van der Waals surface area contributed by atoms with E-state index in [0.29, 0.717) is 5.02 Å². The lowest BCUT2D eigenvalue weighted by Crippen LogP contribution is -2.37. The lowest BCUT2D eigenvalue weighted by atomic mass is 10.3. The molecule has 1 saturated heterocycles. The van der Waals surface area contributed by atoms with Crippen LogP contribution in [0, 0.1) is 0 Å². The third-order valence-corrected chi connectivity index (χ3v) is 5.53. The van der Waals surface area contributed by atoms with E-state index in [0.717, 1.165) is 55.2 Å². The molecule has 0 aliphatic carbocycles. The predicted molar refractivity (Wildman–Crippen MR) is 114 cm³/mol. The van der Waals surface area contributed by atoms with Crippen molar-refractivity contribution < 1.29 is 9.53 Å². The second-order valence-electron chi connectivity index (χ2n) is 7.38. The van der Waals surface area contributed by atoms with Gasteiger partial charge in [0.1, 0.15) is 24.7 Å². The number of benzene rings is 2. The van der Waals surface area contributed by atoms with Gasteiger partial charge in [0.25, 0.3) is 0 Å². The maximum Gasteiger partial charge on any atom is 0.242 e. The van der Waals surface area contributed by atoms with E-state index in [1.54, 1.807) is 12.1 Å². The fourth-order valence-electron chi connectivity index (χ4n) is 3.62. The first-order valence-electron chi connectivity index (χ1n) is 9.89. The van der Waals surface area contributed by atoms with E-state index in [2.05, 4.69) is 11.9 Å². The van der Waals surface area contributed by atoms with Crippen molar-refractivity contribution in [3.8, 4) is 5.75 Å². The van der Waals surface area contributed by atoms with E-state index < -0.39 is 0 Å². The quantitative estimate of drug-likeness (QED) is 0.644. The molecule has 0 bridgehead atoms. The van der Waals surface area contributed by atoms with Gasteiger partial charge in [0, 0.05) is 24.7 Å². The minimum absolute atomic E-state index is 0.121. The number of carbonyl (C=O) groups excluding carboxylic acids is 1. The Morgan fingerprint density at radius 3 is 2.69 bits per heavy atom. The van der Waals surface area contributed by atoms with Gasteiger partial charge in [-0.15, -0.1) is 0 Å². The van der Waals surface area contributed by atoms with E-state index in [-0.39, 0.29) is 19.1 Å². The van der Waals surface area contributed by atoms with Gasteiger partial charge in [0.15, 0.2) is 0 Å². The van der Waals surface area contributed by atoms with Crippen LogP contribution in [0.3, 0.4) is 0 Å². The Kier molecular flexibility index (Phi) is 6.02. The number of rotatable bonds is 5. The molecule has 0 saturated carbocycles. The summed E-state index contributed by atoms with van der Waals surface area (Å²) in [6.07, 6.45) is 0.999. The molecular weight excluding hydrogens is 388 g/mol. The summed E-state index contributed by atoms with van der Waals surface area (Å²) in [7, 11) is 2.10. The smallest absolute Gasteiger partial charge is 0.242 e. The Morgan fingerprint density at radius 1 is 1.07 bits per heavy atom. The molecule has 7 heteroatoms. The van der Waals surface area contributed by atoms with Crippen LogP contribution in [0.5, 0.6) is 5.75 Å². The number of amides is 1. The minimum Gasteiger partial charge on any atom is -0.486 e. The zero-order valence-corrected chi connectivity index (χ0v) is 17.3. The van der Waals surface area contributed by atoms with Crippen LogP contribution in [0.2, 0.25) is 5.02 Å². The van der Waals surface area contributed by atoms with Crippen molar-refractivity contribution in [3.63, 3.8) is 0 Å². The number of para-hydroxylation sites is 2. The van der Waals surface area contributed by atoms with Gasteiger partial charge in [-0.1, -0.05) is 23.7 Å². The fraction of sp³-hybridized carbons (Fsp3) is 0.364. The molecule has 0 unspecified atom stereocenters. The molecule has 1 fully saturated rings. The number of likely N-dealkylation sites (N-methyl/N-ethyl adjacent to an activating group) is 1. The number of ether oxygens (including phenoxy) is 1. The first-order chi connectivity index (χ1) is 14.1. The number of halogens is 1. The molecule has 2 heterocycles. The van der Waals surface area contributed by atoms with E-state index >= 15 is 0 Å². The third-order valence-electron chi connectivity index (χ3n) is 5.28. The Bertz CT molecular complexity index is 986. The molecule has 4 rings (SSSR count). The highest BCUT2D eigenvalue weighted by atomic mass is 35.5. The molecular formula is C22H25ClN4O2. The van der Waals surface area contributed by atoms with Crippen LogP contribution in [0.15, 0.2) is 48.5 Å². The van der Waals surface area contributed by atoms with E-state index in [9.17, 15) is 4.79 Å². The van der Waals surface area contributed by atoms with Crippen LogP contribution >= 0.6 is 11.6 Å². The molecule has 0 spiro atoms. The average Bonchev–Trinajstić information content (AvgIpc) is 2.91. The monoisotopic (exact) mass is 412 g/mol. The number of fused-ring (bicyclic) bond motifs is 1. The summed E-state index contributed by atoms with van der Waals surface area (Å²) < 4.78 is 7.88. The van der Waals surface area contributed by atoms with Crippen LogP contribution in [0.4, 0.5) is 0 Å². The molecule has 152 valence electrons. The lowest BCUT2D eigenvalue weighted by Gasteiger charge is -2.21. The van der Waals surface area contributed by atoms with Gasteiger partial charge in [-0.3, -0.25) is 4.79 Å². The summed E-state index contributed by atoms with van der Waals surface area (Å²) in [5.74, 6) is 1.58. The van der Waals surface area contributed by atoms with E-state index in [4.69, 9.17) is 21.3 Å². The SMILES string of the molecule is CN1CCCN(C(=O)Cn2c(COc3ccc(Cl)cc3)nc3ccccc32)CC1. The van der Waals surface area contributed by atoms with E-state index in [1.165, 1.54) is 0 Å². The maximum absolute atomic E-state index is 13.0. The van der Waals surface area contributed by atoms with Crippen LogP contribution in [0.1, 0.15) is 12.2 Å². The molecule has 6 nitrogen and oxygen atoms in total. The summed E-state index contributed by atoms with van der Waals surface area (Å²) in [5, 5.41) is 0.665. The molecule has 0 radical (unpaired) electrons. The standard InChI is InChI=1S/C22H25ClN4O2/c1-25-11-4-12-26(14-13-25)22(28)15-27-20-6-3-2-5-19(20)24-21(27)16-29-18-9-7-17(23)8-10-18/h2-3,5-10H,4,11-16H2,1H3. The normalized spacial score (nSPS) is 15.4. The van der Waals surface area contributed by atoms with Gasteiger partial charge < -0.3 is 19.1 Å². The summed E-state index contributed by atoms with van der Waals surface area (Å²) in [6, 6.07) is 15.1. The van der Waals surface area contributed by atoms with Crippen LogP contribution in [-0.2, 0) is 17.9 Å². The zero-order chi connectivity index (χ0) is 20.2. The lowest BCUT2D eigenvalue weighted by molar-refractivity contribution is -0.131. The van der Waals surface area contributed by atoms with Gasteiger partial charge in [0.05, 0.1) is 11.0 Å². The second-order valence-corrected chi connectivity index (χ2v) is 7.82. The second kappa shape index (κ2) is 8.84. The molecule has 2 aromatic carbocycles. The largest absolute Gasteiger partial charge is 0.486 e. The molecule has 29 heavy (non-hydrogen) atoms. The van der Waals surface area contributed by atoms with Crippen molar-refractivity contribution in [2.24, 2.45) is 0 Å². The first-order valence-corrected chi connectivity index (χ1v) is 10.3. The average molecular weight is 413 g/mol. The van der Waals surface area contributed by atoms with Crippen LogP contribution < -0.4 is 4.74 Å². The van der Waals surface area contributed by atoms with Crippen molar-refractivity contribution in [1.29, 1.82) is 0 Å². The molecule has 0 N–H and O–H groups in total. The van der Waals surface area contributed by atoms with Crippen molar-refractivity contribution in [2.45, 2.75) is 19.6 Å². The number of hydrogen-bond donors (Lipinski definition) is 0. The van der Waals surface area contributed by atoms with Gasteiger partial charge in [-0.2, -0.15) is 0 Å². The van der Waals surface area contributed by atoms with Crippen LogP contribution in [0.25, 0.3) is 11.0 Å². The topological polar surface area (TPSA) is 50.6 Å². The number of imidazole rings is 1. The van der Waals surface area contributed by atoms with Gasteiger partial charge >= 0.3 is 0 Å². The summed E-state index contributed by atoms with van der Waals surface area (Å²) in [5.41, 5.74) is 1.81. The van der Waals surface area contributed by atoms with Crippen molar-refractivity contribution >= 4 is 28.5 Å². The van der Waals surface area contributed by atoms with Gasteiger partial charge in [0.2, 0.25) is 5.91 Å². The van der Waals surface area contributed by atoms with Crippen LogP contribution in [-0.4, -0.2) is 58.5 Å². The summed E-state index contributed by atoms with van der Waals surface area (Å²) in [4.78, 5) is 22.0. The predicted octanol–water partition coefficient (Wildman–Crippen LogP) is 3.43. The Balaban J connectivity index is 1.54. The highest BCUT2D eigenvalue weighted by Crippen LogP contribution is 2.20. The van der Waals surface area contributed by atoms with Crippen molar-refractivity contribution in [3.05, 3.63) is 59.4 Å². The first kappa shape index (κ1) is 19.7. The maximum atomic E-state index is 13.0. The van der Waals surface area contributed by atoms with Crippen molar-refractivity contribution in [1.82, 2.24) is 19.4 Å². The number of carbonyl (C=O) groups is 1. The summed E-state index contributed by atoms with van der Waals surface area (Å²) in [6.45, 7) is 4.04. The minimum atomic E-state index is 0.121. The molecule has 3 aromatic rings. The Morgan fingerprint density at radius 2 is 1.86 bits per heavy atom. The highest BCUT2D eigenvalue weighted by molar-refractivity contribution is 6.30. The number of nitrogens with zero attached hydrogens (tertiary/aromatic N) is 4. The van der Waals surface area contributed by atoms with Gasteiger partial charge in [-0.05, 0) is 56.4 Å². The zero-order valence-electron chi connectivity index (χ0n) is 16.6. The number of hydrogen-bond acceptors (Lipinski definition) is 4. The molecule has 1 aromatic heterocycles. The highest BCUT2D eigenvalue weighted by Gasteiger charge is 2.20. The van der Waals surface area contributed by atoms with E-state index in [1.807, 2.05) is 45.9 Å². The Hall–Kier alpha value is -2.57.